The van der Waals surface area contributed by atoms with Crippen molar-refractivity contribution in [2.75, 3.05) is 5.73 Å². The second kappa shape index (κ2) is 4.91. The van der Waals surface area contributed by atoms with Crippen LogP contribution in [0.3, 0.4) is 0 Å². The van der Waals surface area contributed by atoms with E-state index in [0.29, 0.717) is 18.1 Å². The molecule has 88 valence electrons. The first-order valence-corrected chi connectivity index (χ1v) is 5.71. The Balaban J connectivity index is 2.19. The summed E-state index contributed by atoms with van der Waals surface area (Å²) in [7, 11) is 0. The molecule has 4 heteroatoms. The van der Waals surface area contributed by atoms with E-state index in [2.05, 4.69) is 27.9 Å². The fourth-order valence-electron chi connectivity index (χ4n) is 1.70. The molecule has 0 aliphatic heterocycles. The Morgan fingerprint density at radius 2 is 2.00 bits per heavy atom. The van der Waals surface area contributed by atoms with Crippen LogP contribution >= 0.6 is 0 Å². The van der Waals surface area contributed by atoms with Gasteiger partial charge in [0, 0.05) is 24.4 Å². The molecule has 0 bridgehead atoms. The van der Waals surface area contributed by atoms with Gasteiger partial charge in [0.25, 0.3) is 0 Å². The molecule has 0 aromatic carbocycles. The van der Waals surface area contributed by atoms with E-state index in [0.717, 1.165) is 17.8 Å². The fraction of sp³-hybridized carbons (Fsp3) is 0.308. The summed E-state index contributed by atoms with van der Waals surface area (Å²) in [6.45, 7) is 3.96. The number of aryl methyl sites for hydroxylation is 2. The van der Waals surface area contributed by atoms with E-state index in [1.807, 2.05) is 19.2 Å². The van der Waals surface area contributed by atoms with Gasteiger partial charge in [-0.1, -0.05) is 13.0 Å². The smallest absolute Gasteiger partial charge is 0.127 e. The highest BCUT2D eigenvalue weighted by molar-refractivity contribution is 5.31. The lowest BCUT2D eigenvalue weighted by Crippen LogP contribution is -2.02. The van der Waals surface area contributed by atoms with Gasteiger partial charge in [0.2, 0.25) is 0 Å². The quantitative estimate of drug-likeness (QED) is 0.871. The lowest BCUT2D eigenvalue weighted by Gasteiger charge is -2.04. The van der Waals surface area contributed by atoms with Crippen molar-refractivity contribution in [2.24, 2.45) is 0 Å². The second-order valence-corrected chi connectivity index (χ2v) is 4.02. The van der Waals surface area contributed by atoms with Crippen LogP contribution in [-0.2, 0) is 12.8 Å². The van der Waals surface area contributed by atoms with Crippen molar-refractivity contribution >= 4 is 5.82 Å². The zero-order chi connectivity index (χ0) is 12.3. The van der Waals surface area contributed by atoms with Crippen LogP contribution in [0, 0.1) is 6.92 Å². The van der Waals surface area contributed by atoms with Crippen LogP contribution in [-0.4, -0.2) is 15.0 Å². The summed E-state index contributed by atoms with van der Waals surface area (Å²) in [5, 5.41) is 0. The third-order valence-corrected chi connectivity index (χ3v) is 2.57. The first-order chi connectivity index (χ1) is 8.17. The Labute approximate surface area is 101 Å². The summed E-state index contributed by atoms with van der Waals surface area (Å²) in [6.07, 6.45) is 3.61. The molecule has 0 unspecified atom stereocenters. The van der Waals surface area contributed by atoms with Gasteiger partial charge in [0.15, 0.2) is 0 Å². The van der Waals surface area contributed by atoms with Gasteiger partial charge in [0.1, 0.15) is 11.6 Å². The predicted molar refractivity (Wildman–Crippen MR) is 67.6 cm³/mol. The fourth-order valence-corrected chi connectivity index (χ4v) is 1.70. The lowest BCUT2D eigenvalue weighted by atomic mass is 10.1. The molecular formula is C13H16N4. The molecule has 2 N–H and O–H groups in total. The molecule has 0 amide bonds. The third kappa shape index (κ3) is 3.00. The summed E-state index contributed by atoms with van der Waals surface area (Å²) < 4.78 is 0. The monoisotopic (exact) mass is 228 g/mol. The average molecular weight is 228 g/mol. The highest BCUT2D eigenvalue weighted by atomic mass is 14.9. The highest BCUT2D eigenvalue weighted by Crippen LogP contribution is 2.09. The molecule has 0 saturated carbocycles. The minimum Gasteiger partial charge on any atom is -0.384 e. The number of pyridine rings is 1. The van der Waals surface area contributed by atoms with E-state index in [4.69, 9.17) is 5.73 Å². The Kier molecular flexibility index (Phi) is 3.32. The SMILES string of the molecule is CCc1ccc(Cc2cc(N)nc(C)n2)nc1. The molecule has 0 aliphatic rings. The van der Waals surface area contributed by atoms with Gasteiger partial charge in [-0.25, -0.2) is 9.97 Å². The van der Waals surface area contributed by atoms with Crippen molar-refractivity contribution in [3.8, 4) is 0 Å². The highest BCUT2D eigenvalue weighted by Gasteiger charge is 2.02. The Hall–Kier alpha value is -1.97. The molecule has 0 saturated heterocycles. The molecule has 4 nitrogen and oxygen atoms in total. The number of rotatable bonds is 3. The maximum Gasteiger partial charge on any atom is 0.127 e. The molecule has 17 heavy (non-hydrogen) atoms. The summed E-state index contributed by atoms with van der Waals surface area (Å²) >= 11 is 0. The molecule has 2 rings (SSSR count). The molecule has 0 atom stereocenters. The van der Waals surface area contributed by atoms with E-state index < -0.39 is 0 Å². The van der Waals surface area contributed by atoms with Crippen LogP contribution in [0.15, 0.2) is 24.4 Å². The van der Waals surface area contributed by atoms with Crippen LogP contribution in [0.2, 0.25) is 0 Å². The van der Waals surface area contributed by atoms with E-state index >= 15 is 0 Å². The minimum atomic E-state index is 0.512. The first-order valence-electron chi connectivity index (χ1n) is 5.71. The van der Waals surface area contributed by atoms with E-state index in [-0.39, 0.29) is 0 Å². The van der Waals surface area contributed by atoms with Crippen LogP contribution in [0.4, 0.5) is 5.82 Å². The maximum atomic E-state index is 5.69. The zero-order valence-corrected chi connectivity index (χ0v) is 10.1. The molecule has 0 aliphatic carbocycles. The molecule has 0 fully saturated rings. The molecule has 2 heterocycles. The van der Waals surface area contributed by atoms with Gasteiger partial charge in [-0.2, -0.15) is 0 Å². The molecule has 2 aromatic rings. The first kappa shape index (κ1) is 11.5. The molecule has 0 radical (unpaired) electrons. The number of aromatic nitrogens is 3. The topological polar surface area (TPSA) is 64.7 Å². The lowest BCUT2D eigenvalue weighted by molar-refractivity contribution is 0.944. The zero-order valence-electron chi connectivity index (χ0n) is 10.1. The van der Waals surface area contributed by atoms with Crippen molar-refractivity contribution in [3.63, 3.8) is 0 Å². The average Bonchev–Trinajstić information content (AvgIpc) is 2.28. The van der Waals surface area contributed by atoms with Crippen molar-refractivity contribution in [2.45, 2.75) is 26.7 Å². The molecular weight excluding hydrogens is 212 g/mol. The summed E-state index contributed by atoms with van der Waals surface area (Å²) in [5.41, 5.74) is 8.84. The summed E-state index contributed by atoms with van der Waals surface area (Å²) in [6, 6.07) is 5.93. The van der Waals surface area contributed by atoms with Gasteiger partial charge >= 0.3 is 0 Å². The van der Waals surface area contributed by atoms with Crippen LogP contribution in [0.1, 0.15) is 29.7 Å². The number of anilines is 1. The van der Waals surface area contributed by atoms with Crippen molar-refractivity contribution in [1.29, 1.82) is 0 Å². The van der Waals surface area contributed by atoms with Crippen molar-refractivity contribution < 1.29 is 0 Å². The summed E-state index contributed by atoms with van der Waals surface area (Å²) in [5.74, 6) is 1.21. The van der Waals surface area contributed by atoms with Gasteiger partial charge in [-0.05, 0) is 25.0 Å². The van der Waals surface area contributed by atoms with Gasteiger partial charge in [0.05, 0.1) is 5.69 Å². The number of hydrogen-bond acceptors (Lipinski definition) is 4. The van der Waals surface area contributed by atoms with Crippen LogP contribution < -0.4 is 5.73 Å². The van der Waals surface area contributed by atoms with Crippen molar-refractivity contribution in [3.05, 3.63) is 47.2 Å². The summed E-state index contributed by atoms with van der Waals surface area (Å²) in [4.78, 5) is 12.8. The predicted octanol–water partition coefficient (Wildman–Crippen LogP) is 1.92. The standard InChI is InChI=1S/C13H16N4/c1-3-10-4-5-11(15-8-10)6-12-7-13(14)17-9(2)16-12/h4-5,7-8H,3,6H2,1-2H3,(H2,14,16,17). The van der Waals surface area contributed by atoms with Crippen molar-refractivity contribution in [1.82, 2.24) is 15.0 Å². The largest absolute Gasteiger partial charge is 0.384 e. The second-order valence-electron chi connectivity index (χ2n) is 4.02. The van der Waals surface area contributed by atoms with E-state index in [9.17, 15) is 0 Å². The Bertz CT molecular complexity index is 485. The van der Waals surface area contributed by atoms with Gasteiger partial charge in [-0.3, -0.25) is 4.98 Å². The van der Waals surface area contributed by atoms with Gasteiger partial charge in [-0.15, -0.1) is 0 Å². The van der Waals surface area contributed by atoms with Crippen LogP contribution in [0.25, 0.3) is 0 Å². The minimum absolute atomic E-state index is 0.512. The third-order valence-electron chi connectivity index (χ3n) is 2.57. The Morgan fingerprint density at radius 1 is 1.18 bits per heavy atom. The van der Waals surface area contributed by atoms with E-state index in [1.165, 1.54) is 5.56 Å². The maximum absolute atomic E-state index is 5.69. The number of nitrogens with zero attached hydrogens (tertiary/aromatic N) is 3. The van der Waals surface area contributed by atoms with Crippen LogP contribution in [0.5, 0.6) is 0 Å². The Morgan fingerprint density at radius 3 is 2.59 bits per heavy atom. The number of hydrogen-bond donors (Lipinski definition) is 1. The number of nitrogen functional groups attached to an aromatic ring is 1. The normalized spacial score (nSPS) is 10.5. The molecule has 2 aromatic heterocycles. The number of nitrogens with two attached hydrogens (primary N) is 1. The van der Waals surface area contributed by atoms with E-state index in [1.54, 1.807) is 6.07 Å². The molecule has 0 spiro atoms. The van der Waals surface area contributed by atoms with Gasteiger partial charge < -0.3 is 5.73 Å².